The molecule has 0 bridgehead atoms. The van der Waals surface area contributed by atoms with Gasteiger partial charge in [-0.05, 0) is 74.5 Å². The van der Waals surface area contributed by atoms with Gasteiger partial charge >= 0.3 is 0 Å². The van der Waals surface area contributed by atoms with E-state index in [1.165, 1.54) is 34.4 Å². The molecule has 5 aromatic carbocycles. The number of unbranched alkanes of at least 4 members (excludes halogenated alkanes) is 1. The van der Waals surface area contributed by atoms with E-state index in [9.17, 15) is 5.11 Å². The van der Waals surface area contributed by atoms with E-state index in [4.69, 9.17) is 21.3 Å². The SMILES string of the molecule is CCCCC(CC)COc1ccc(-c2nc(Cl)nc(-c3ccc4ccc5cccc6ccc3c4c56)n2)c(O)c1. The third kappa shape index (κ3) is 4.83. The molecule has 0 saturated carbocycles. The molecule has 0 spiro atoms. The number of ether oxygens (including phenoxy) is 1. The normalized spacial score (nSPS) is 12.5. The van der Waals surface area contributed by atoms with Crippen LogP contribution >= 0.6 is 11.6 Å². The van der Waals surface area contributed by atoms with E-state index in [1.54, 1.807) is 12.1 Å². The number of aromatic hydroxyl groups is 1. The number of phenolic OH excluding ortho intramolecular Hbond substituents is 1. The molecular formula is C33H30ClN3O2. The number of hydrogen-bond acceptors (Lipinski definition) is 5. The predicted octanol–water partition coefficient (Wildman–Crippen LogP) is 9.06. The average molecular weight is 536 g/mol. The second kappa shape index (κ2) is 10.7. The highest BCUT2D eigenvalue weighted by atomic mass is 35.5. The molecule has 0 aliphatic carbocycles. The minimum atomic E-state index is 0.0395. The molecule has 0 aliphatic heterocycles. The number of aromatic nitrogens is 3. The van der Waals surface area contributed by atoms with Crippen molar-refractivity contribution in [3.05, 3.63) is 78.1 Å². The van der Waals surface area contributed by atoms with E-state index in [0.29, 0.717) is 35.5 Å². The van der Waals surface area contributed by atoms with Gasteiger partial charge in [-0.2, -0.15) is 9.97 Å². The summed E-state index contributed by atoms with van der Waals surface area (Å²) in [4.78, 5) is 13.6. The summed E-state index contributed by atoms with van der Waals surface area (Å²) in [5, 5.41) is 18.0. The maximum Gasteiger partial charge on any atom is 0.226 e. The molecule has 0 aliphatic rings. The standard InChI is InChI=1S/C33H30ClN3O2/c1-3-5-7-20(4-2)19-39-24-14-17-27(28(38)18-24)32-35-31(36-33(34)37-32)26-16-13-23-11-10-21-8-6-9-22-12-15-25(26)30(23)29(21)22/h6,8-18,20,38H,3-5,7,19H2,1-2H3. The molecule has 0 fully saturated rings. The Morgan fingerprint density at radius 3 is 2.18 bits per heavy atom. The van der Waals surface area contributed by atoms with Gasteiger partial charge in [-0.25, -0.2) is 4.98 Å². The zero-order chi connectivity index (χ0) is 26.9. The fourth-order valence-corrected chi connectivity index (χ4v) is 5.58. The van der Waals surface area contributed by atoms with Crippen LogP contribution in [0.25, 0.3) is 55.1 Å². The van der Waals surface area contributed by atoms with Crippen LogP contribution in [0.4, 0.5) is 0 Å². The van der Waals surface area contributed by atoms with Crippen molar-refractivity contribution >= 4 is 43.9 Å². The molecule has 1 unspecified atom stereocenters. The lowest BCUT2D eigenvalue weighted by molar-refractivity contribution is 0.232. The molecule has 5 nitrogen and oxygen atoms in total. The summed E-state index contributed by atoms with van der Waals surface area (Å²) in [7, 11) is 0. The Bertz CT molecular complexity index is 1770. The molecule has 6 aromatic rings. The zero-order valence-corrected chi connectivity index (χ0v) is 22.9. The summed E-state index contributed by atoms with van der Waals surface area (Å²) < 4.78 is 6.01. The van der Waals surface area contributed by atoms with Crippen LogP contribution in [-0.2, 0) is 0 Å². The quantitative estimate of drug-likeness (QED) is 0.187. The Kier molecular flexibility index (Phi) is 6.92. The van der Waals surface area contributed by atoms with Crippen molar-refractivity contribution in [3.8, 4) is 34.3 Å². The number of hydrogen-bond donors (Lipinski definition) is 1. The molecule has 0 amide bonds. The lowest BCUT2D eigenvalue weighted by Gasteiger charge is -2.16. The van der Waals surface area contributed by atoms with Crippen molar-refractivity contribution in [2.24, 2.45) is 5.92 Å². The summed E-state index contributed by atoms with van der Waals surface area (Å²) in [5.41, 5.74) is 1.34. The Balaban J connectivity index is 1.37. The van der Waals surface area contributed by atoms with Gasteiger partial charge in [0.15, 0.2) is 11.6 Å². The molecule has 1 N–H and O–H groups in total. The van der Waals surface area contributed by atoms with Crippen LogP contribution < -0.4 is 4.74 Å². The number of halogens is 1. The Hall–Kier alpha value is -3.96. The largest absolute Gasteiger partial charge is 0.507 e. The molecule has 6 rings (SSSR count). The van der Waals surface area contributed by atoms with Crippen molar-refractivity contribution in [2.45, 2.75) is 39.5 Å². The molecule has 1 atom stereocenters. The van der Waals surface area contributed by atoms with E-state index in [1.807, 2.05) is 12.1 Å². The topological polar surface area (TPSA) is 68.1 Å². The molecule has 196 valence electrons. The third-order valence-electron chi connectivity index (χ3n) is 7.62. The van der Waals surface area contributed by atoms with Gasteiger partial charge in [-0.3, -0.25) is 0 Å². The summed E-state index contributed by atoms with van der Waals surface area (Å²) in [6, 6.07) is 24.3. The van der Waals surface area contributed by atoms with Gasteiger partial charge in [0.25, 0.3) is 0 Å². The number of rotatable bonds is 9. The van der Waals surface area contributed by atoms with Crippen molar-refractivity contribution in [3.63, 3.8) is 0 Å². The van der Waals surface area contributed by atoms with E-state index in [-0.39, 0.29) is 11.0 Å². The van der Waals surface area contributed by atoms with E-state index >= 15 is 0 Å². The first kappa shape index (κ1) is 25.3. The fourth-order valence-electron chi connectivity index (χ4n) is 5.42. The van der Waals surface area contributed by atoms with Crippen molar-refractivity contribution in [1.82, 2.24) is 15.0 Å². The Morgan fingerprint density at radius 1 is 0.795 bits per heavy atom. The minimum Gasteiger partial charge on any atom is -0.507 e. The smallest absolute Gasteiger partial charge is 0.226 e. The Labute approximate surface area is 232 Å². The monoisotopic (exact) mass is 535 g/mol. The van der Waals surface area contributed by atoms with E-state index < -0.39 is 0 Å². The first-order valence-electron chi connectivity index (χ1n) is 13.6. The van der Waals surface area contributed by atoms with Gasteiger partial charge in [-0.15, -0.1) is 0 Å². The maximum atomic E-state index is 10.9. The first-order valence-corrected chi connectivity index (χ1v) is 14.0. The van der Waals surface area contributed by atoms with Gasteiger partial charge in [-0.1, -0.05) is 81.6 Å². The predicted molar refractivity (Wildman–Crippen MR) is 160 cm³/mol. The average Bonchev–Trinajstić information content (AvgIpc) is 2.95. The summed E-state index contributed by atoms with van der Waals surface area (Å²) in [5.74, 6) is 1.94. The summed E-state index contributed by atoms with van der Waals surface area (Å²) >= 11 is 6.41. The lowest BCUT2D eigenvalue weighted by atomic mass is 9.92. The van der Waals surface area contributed by atoms with Crippen LogP contribution in [0.3, 0.4) is 0 Å². The highest BCUT2D eigenvalue weighted by Crippen LogP contribution is 2.39. The number of nitrogens with zero attached hydrogens (tertiary/aromatic N) is 3. The lowest BCUT2D eigenvalue weighted by Crippen LogP contribution is -2.11. The van der Waals surface area contributed by atoms with Crippen LogP contribution in [-0.4, -0.2) is 26.7 Å². The first-order chi connectivity index (χ1) is 19.1. The van der Waals surface area contributed by atoms with Crippen LogP contribution in [0.1, 0.15) is 39.5 Å². The highest BCUT2D eigenvalue weighted by molar-refractivity contribution is 6.28. The van der Waals surface area contributed by atoms with E-state index in [0.717, 1.165) is 29.2 Å². The van der Waals surface area contributed by atoms with Crippen molar-refractivity contribution in [1.29, 1.82) is 0 Å². The fraction of sp³-hybridized carbons (Fsp3) is 0.242. The molecule has 0 saturated heterocycles. The van der Waals surface area contributed by atoms with Gasteiger partial charge in [0.2, 0.25) is 5.28 Å². The van der Waals surface area contributed by atoms with Crippen LogP contribution in [0, 0.1) is 5.92 Å². The summed E-state index contributed by atoms with van der Waals surface area (Å²) in [6.07, 6.45) is 4.59. The van der Waals surface area contributed by atoms with E-state index in [2.05, 4.69) is 72.3 Å². The second-order valence-corrected chi connectivity index (χ2v) is 10.5. The summed E-state index contributed by atoms with van der Waals surface area (Å²) in [6.45, 7) is 5.02. The molecule has 1 heterocycles. The van der Waals surface area contributed by atoms with Gasteiger partial charge < -0.3 is 9.84 Å². The van der Waals surface area contributed by atoms with Gasteiger partial charge in [0.1, 0.15) is 11.5 Å². The van der Waals surface area contributed by atoms with Crippen LogP contribution in [0.2, 0.25) is 5.28 Å². The van der Waals surface area contributed by atoms with Crippen molar-refractivity contribution < 1.29 is 9.84 Å². The molecule has 6 heteroatoms. The minimum absolute atomic E-state index is 0.0395. The maximum absolute atomic E-state index is 10.9. The Morgan fingerprint density at radius 2 is 1.46 bits per heavy atom. The third-order valence-corrected chi connectivity index (χ3v) is 7.79. The van der Waals surface area contributed by atoms with Crippen molar-refractivity contribution in [2.75, 3.05) is 6.61 Å². The molecule has 39 heavy (non-hydrogen) atoms. The number of benzene rings is 5. The van der Waals surface area contributed by atoms with Crippen LogP contribution in [0.15, 0.2) is 72.8 Å². The zero-order valence-electron chi connectivity index (χ0n) is 22.1. The highest BCUT2D eigenvalue weighted by Gasteiger charge is 2.17. The van der Waals surface area contributed by atoms with Gasteiger partial charge in [0, 0.05) is 11.6 Å². The number of phenols is 1. The molecule has 1 aromatic heterocycles. The van der Waals surface area contributed by atoms with Crippen LogP contribution in [0.5, 0.6) is 11.5 Å². The van der Waals surface area contributed by atoms with Gasteiger partial charge in [0.05, 0.1) is 12.2 Å². The second-order valence-electron chi connectivity index (χ2n) is 10.1. The molecule has 0 radical (unpaired) electrons. The molecular weight excluding hydrogens is 506 g/mol.